The Hall–Kier alpha value is -2.55. The Kier molecular flexibility index (Phi) is 5.75. The van der Waals surface area contributed by atoms with Gasteiger partial charge in [-0.05, 0) is 25.5 Å². The lowest BCUT2D eigenvalue weighted by molar-refractivity contribution is -0.0704. The number of aryl methyl sites for hydroxylation is 1. The third kappa shape index (κ3) is 4.72. The maximum Gasteiger partial charge on any atom is 0.275 e. The quantitative estimate of drug-likeness (QED) is 0.697. The van der Waals surface area contributed by atoms with Crippen LogP contribution in [0.15, 0.2) is 42.0 Å². The van der Waals surface area contributed by atoms with Crippen LogP contribution in [0.4, 0.5) is 5.69 Å². The van der Waals surface area contributed by atoms with Gasteiger partial charge in [0, 0.05) is 49.5 Å². The summed E-state index contributed by atoms with van der Waals surface area (Å²) < 4.78 is 7.54. The van der Waals surface area contributed by atoms with Gasteiger partial charge in [-0.15, -0.1) is 11.3 Å². The van der Waals surface area contributed by atoms with E-state index in [0.717, 1.165) is 41.5 Å². The van der Waals surface area contributed by atoms with Gasteiger partial charge in [0.1, 0.15) is 10.7 Å². The van der Waals surface area contributed by atoms with E-state index in [-0.39, 0.29) is 18.1 Å². The number of hydrogen-bond donors (Lipinski definition) is 1. The summed E-state index contributed by atoms with van der Waals surface area (Å²) in [5.41, 5.74) is 3.23. The number of nitrogens with one attached hydrogen (secondary N) is 1. The number of para-hydroxylation sites is 1. The summed E-state index contributed by atoms with van der Waals surface area (Å²) >= 11 is 1.44. The molecule has 1 aliphatic rings. The number of carbonyl (C=O) groups excluding carboxylic acids is 1. The second-order valence-corrected chi connectivity index (χ2v) is 8.36. The lowest BCUT2D eigenvalue weighted by Crippen LogP contribution is -2.44. The number of rotatable bonds is 5. The highest BCUT2D eigenvalue weighted by atomic mass is 32.1. The molecular weight excluding hydrogens is 386 g/mol. The largest absolute Gasteiger partial charge is 0.373 e. The van der Waals surface area contributed by atoms with E-state index in [2.05, 4.69) is 40.2 Å². The summed E-state index contributed by atoms with van der Waals surface area (Å²) in [5, 5.41) is 9.77. The van der Waals surface area contributed by atoms with E-state index >= 15 is 0 Å². The van der Waals surface area contributed by atoms with Gasteiger partial charge in [-0.3, -0.25) is 14.4 Å². The minimum atomic E-state index is -0.201. The van der Waals surface area contributed by atoms with Gasteiger partial charge in [-0.1, -0.05) is 18.2 Å². The lowest BCUT2D eigenvalue weighted by Gasteiger charge is -2.35. The number of amides is 1. The first-order chi connectivity index (χ1) is 14.0. The molecule has 29 heavy (non-hydrogen) atoms. The van der Waals surface area contributed by atoms with Crippen molar-refractivity contribution in [1.29, 1.82) is 0 Å². The highest BCUT2D eigenvalue weighted by molar-refractivity contribution is 7.13. The molecule has 0 radical (unpaired) electrons. The van der Waals surface area contributed by atoms with Crippen molar-refractivity contribution < 1.29 is 9.53 Å². The maximum atomic E-state index is 12.8. The van der Waals surface area contributed by atoms with Crippen molar-refractivity contribution in [2.75, 3.05) is 18.4 Å². The van der Waals surface area contributed by atoms with Crippen LogP contribution >= 0.6 is 11.3 Å². The standard InChI is InChI=1S/C21H25N5O2S/c1-14-9-26(10-15(2)28-14)12-16-6-4-5-7-18(16)23-20(27)19-13-29-21(24-19)17-8-22-25(3)11-17/h4-8,11,13-15H,9-10,12H2,1-3H3,(H,23,27). The first-order valence-corrected chi connectivity index (χ1v) is 10.6. The molecule has 0 bridgehead atoms. The Balaban J connectivity index is 1.47. The zero-order chi connectivity index (χ0) is 20.4. The zero-order valence-electron chi connectivity index (χ0n) is 16.8. The number of hydrogen-bond acceptors (Lipinski definition) is 6. The molecule has 0 saturated carbocycles. The number of thiazole rings is 1. The van der Waals surface area contributed by atoms with Gasteiger partial charge in [-0.2, -0.15) is 5.10 Å². The number of carbonyl (C=O) groups is 1. The van der Waals surface area contributed by atoms with Gasteiger partial charge in [-0.25, -0.2) is 4.98 Å². The normalized spacial score (nSPS) is 20.0. The van der Waals surface area contributed by atoms with E-state index in [9.17, 15) is 4.79 Å². The molecule has 3 aromatic rings. The second kappa shape index (κ2) is 8.44. The number of anilines is 1. The Morgan fingerprint density at radius 1 is 1.28 bits per heavy atom. The third-order valence-electron chi connectivity index (χ3n) is 4.84. The van der Waals surface area contributed by atoms with Crippen LogP contribution in [0.2, 0.25) is 0 Å². The Bertz CT molecular complexity index is 988. The summed E-state index contributed by atoms with van der Waals surface area (Å²) in [6.07, 6.45) is 4.06. The Morgan fingerprint density at radius 3 is 2.76 bits per heavy atom. The molecule has 3 heterocycles. The number of ether oxygens (including phenoxy) is 1. The van der Waals surface area contributed by atoms with Crippen LogP contribution in [0.1, 0.15) is 29.9 Å². The SMILES string of the molecule is CC1CN(Cc2ccccc2NC(=O)c2csc(-c3cnn(C)c3)n2)CC(C)O1. The second-order valence-electron chi connectivity index (χ2n) is 7.50. The molecule has 152 valence electrons. The van der Waals surface area contributed by atoms with E-state index in [1.54, 1.807) is 16.3 Å². The number of nitrogens with zero attached hydrogens (tertiary/aromatic N) is 4. The van der Waals surface area contributed by atoms with Crippen molar-refractivity contribution in [3.8, 4) is 10.6 Å². The molecule has 8 heteroatoms. The highest BCUT2D eigenvalue weighted by Crippen LogP contribution is 2.25. The van der Waals surface area contributed by atoms with Gasteiger partial charge in [0.05, 0.1) is 18.4 Å². The average molecular weight is 412 g/mol. The Labute approximate surface area is 174 Å². The van der Waals surface area contributed by atoms with Crippen LogP contribution in [0.5, 0.6) is 0 Å². The minimum Gasteiger partial charge on any atom is -0.373 e. The van der Waals surface area contributed by atoms with Crippen LogP contribution in [-0.4, -0.2) is 50.9 Å². The fourth-order valence-electron chi connectivity index (χ4n) is 3.66. The van der Waals surface area contributed by atoms with Gasteiger partial charge in [0.25, 0.3) is 5.91 Å². The minimum absolute atomic E-state index is 0.201. The number of morpholine rings is 1. The smallest absolute Gasteiger partial charge is 0.275 e. The van der Waals surface area contributed by atoms with Crippen molar-refractivity contribution in [1.82, 2.24) is 19.7 Å². The van der Waals surface area contributed by atoms with Crippen molar-refractivity contribution in [3.05, 3.63) is 53.3 Å². The summed E-state index contributed by atoms with van der Waals surface area (Å²) in [7, 11) is 1.86. The summed E-state index contributed by atoms with van der Waals surface area (Å²) in [6.45, 7) is 6.73. The fraction of sp³-hybridized carbons (Fsp3) is 0.381. The van der Waals surface area contributed by atoms with Gasteiger partial charge in [0.2, 0.25) is 0 Å². The van der Waals surface area contributed by atoms with E-state index in [0.29, 0.717) is 5.69 Å². The van der Waals surface area contributed by atoms with E-state index in [1.807, 2.05) is 31.4 Å². The zero-order valence-corrected chi connectivity index (χ0v) is 17.6. The molecule has 4 rings (SSSR count). The number of benzene rings is 1. The van der Waals surface area contributed by atoms with Crippen molar-refractivity contribution in [2.45, 2.75) is 32.6 Å². The topological polar surface area (TPSA) is 72.3 Å². The van der Waals surface area contributed by atoms with Crippen LogP contribution in [0, 0.1) is 0 Å². The molecule has 0 spiro atoms. The monoisotopic (exact) mass is 411 g/mol. The Morgan fingerprint density at radius 2 is 2.03 bits per heavy atom. The summed E-state index contributed by atoms with van der Waals surface area (Å²) in [6, 6.07) is 7.94. The number of aromatic nitrogens is 3. The molecule has 2 unspecified atom stereocenters. The van der Waals surface area contributed by atoms with Crippen molar-refractivity contribution in [2.24, 2.45) is 7.05 Å². The van der Waals surface area contributed by atoms with Gasteiger partial charge >= 0.3 is 0 Å². The fourth-order valence-corrected chi connectivity index (χ4v) is 4.44. The summed E-state index contributed by atoms with van der Waals surface area (Å²) in [5.74, 6) is -0.201. The van der Waals surface area contributed by atoms with Crippen LogP contribution in [0.25, 0.3) is 10.6 Å². The van der Waals surface area contributed by atoms with Crippen LogP contribution in [-0.2, 0) is 18.3 Å². The van der Waals surface area contributed by atoms with Crippen LogP contribution < -0.4 is 5.32 Å². The average Bonchev–Trinajstić information content (AvgIpc) is 3.31. The first kappa shape index (κ1) is 19.8. The molecule has 0 aliphatic carbocycles. The van der Waals surface area contributed by atoms with E-state index < -0.39 is 0 Å². The molecule has 2 atom stereocenters. The molecule has 2 aromatic heterocycles. The predicted octanol–water partition coefficient (Wildman–Crippen LogP) is 3.41. The molecular formula is C21H25N5O2S. The molecule has 7 nitrogen and oxygen atoms in total. The van der Waals surface area contributed by atoms with Crippen molar-refractivity contribution >= 4 is 22.9 Å². The first-order valence-electron chi connectivity index (χ1n) is 9.69. The molecule has 1 N–H and O–H groups in total. The molecule has 1 fully saturated rings. The molecule has 1 amide bonds. The predicted molar refractivity (Wildman–Crippen MR) is 114 cm³/mol. The van der Waals surface area contributed by atoms with Gasteiger partial charge < -0.3 is 10.1 Å². The molecule has 1 saturated heterocycles. The van der Waals surface area contributed by atoms with Crippen LogP contribution in [0.3, 0.4) is 0 Å². The van der Waals surface area contributed by atoms with E-state index in [4.69, 9.17) is 4.74 Å². The van der Waals surface area contributed by atoms with Crippen molar-refractivity contribution in [3.63, 3.8) is 0 Å². The summed E-state index contributed by atoms with van der Waals surface area (Å²) in [4.78, 5) is 19.6. The lowest BCUT2D eigenvalue weighted by atomic mass is 10.1. The molecule has 1 aliphatic heterocycles. The molecule has 1 aromatic carbocycles. The maximum absolute atomic E-state index is 12.8. The van der Waals surface area contributed by atoms with Gasteiger partial charge in [0.15, 0.2) is 0 Å². The third-order valence-corrected chi connectivity index (χ3v) is 5.73. The van der Waals surface area contributed by atoms with E-state index in [1.165, 1.54) is 11.3 Å². The highest BCUT2D eigenvalue weighted by Gasteiger charge is 2.23.